The number of para-hydroxylation sites is 1. The quantitative estimate of drug-likeness (QED) is 0.851. The Morgan fingerprint density at radius 2 is 1.64 bits per heavy atom. The van der Waals surface area contributed by atoms with Gasteiger partial charge >= 0.3 is 0 Å². The average Bonchev–Trinajstić information content (AvgIpc) is 3.08. The molecule has 0 spiro atoms. The molecule has 1 saturated heterocycles. The molecular weight excluding hydrogens is 298 g/mol. The van der Waals surface area contributed by atoms with Crippen LogP contribution < -0.4 is 9.80 Å². The first-order valence-electron chi connectivity index (χ1n) is 7.83. The lowest BCUT2D eigenvalue weighted by Crippen LogP contribution is -2.28. The van der Waals surface area contributed by atoms with Gasteiger partial charge in [0.15, 0.2) is 0 Å². The fourth-order valence-electron chi connectivity index (χ4n) is 3.25. The molecule has 0 saturated carbocycles. The molecule has 2 aromatic rings. The molecule has 0 unspecified atom stereocenters. The van der Waals surface area contributed by atoms with Crippen molar-refractivity contribution >= 4 is 29.2 Å². The molecule has 114 valence electrons. The van der Waals surface area contributed by atoms with E-state index in [4.69, 9.17) is 11.6 Å². The van der Waals surface area contributed by atoms with Crippen molar-refractivity contribution in [2.75, 3.05) is 29.4 Å². The summed E-state index contributed by atoms with van der Waals surface area (Å²) in [6, 6.07) is 8.44. The Hall–Kier alpha value is -1.88. The summed E-state index contributed by atoms with van der Waals surface area (Å²) in [6.45, 7) is 2.91. The molecule has 4 rings (SSSR count). The van der Waals surface area contributed by atoms with E-state index in [2.05, 4.69) is 49.0 Å². The zero-order chi connectivity index (χ0) is 14.9. The predicted molar refractivity (Wildman–Crippen MR) is 88.1 cm³/mol. The van der Waals surface area contributed by atoms with Crippen molar-refractivity contribution in [1.29, 1.82) is 0 Å². The maximum absolute atomic E-state index is 6.16. The van der Waals surface area contributed by atoms with E-state index in [1.54, 1.807) is 0 Å². The minimum absolute atomic E-state index is 0.273. The summed E-state index contributed by atoms with van der Waals surface area (Å²) in [7, 11) is 0. The van der Waals surface area contributed by atoms with E-state index in [0.29, 0.717) is 11.9 Å². The van der Waals surface area contributed by atoms with E-state index in [9.17, 15) is 0 Å². The highest BCUT2D eigenvalue weighted by Crippen LogP contribution is 2.32. The molecule has 0 radical (unpaired) electrons. The summed E-state index contributed by atoms with van der Waals surface area (Å²) in [5.74, 6) is 1.37. The summed E-state index contributed by atoms with van der Waals surface area (Å²) in [6.07, 6.45) is 4.57. The van der Waals surface area contributed by atoms with Crippen LogP contribution in [0.3, 0.4) is 0 Å². The molecule has 6 heteroatoms. The van der Waals surface area contributed by atoms with Crippen molar-refractivity contribution < 1.29 is 0 Å². The van der Waals surface area contributed by atoms with Crippen LogP contribution in [0, 0.1) is 0 Å². The van der Waals surface area contributed by atoms with Crippen LogP contribution in [-0.2, 0) is 6.42 Å². The van der Waals surface area contributed by atoms with E-state index >= 15 is 0 Å². The maximum Gasteiger partial charge on any atom is 0.236 e. The monoisotopic (exact) mass is 315 g/mol. The first-order chi connectivity index (χ1) is 10.8. The zero-order valence-corrected chi connectivity index (χ0v) is 13.1. The number of fused-ring (bicyclic) bond motifs is 1. The first kappa shape index (κ1) is 13.8. The maximum atomic E-state index is 6.16. The van der Waals surface area contributed by atoms with E-state index in [1.807, 2.05) is 0 Å². The molecule has 2 aliphatic heterocycles. The van der Waals surface area contributed by atoms with Crippen LogP contribution in [0.4, 0.5) is 17.6 Å². The van der Waals surface area contributed by atoms with Crippen LogP contribution in [0.25, 0.3) is 0 Å². The minimum atomic E-state index is 0.273. The number of rotatable bonds is 2. The first-order valence-corrected chi connectivity index (χ1v) is 8.21. The molecule has 0 aliphatic carbocycles. The Kier molecular flexibility index (Phi) is 3.58. The average molecular weight is 316 g/mol. The van der Waals surface area contributed by atoms with Gasteiger partial charge in [0.25, 0.3) is 0 Å². The van der Waals surface area contributed by atoms with E-state index in [-0.39, 0.29) is 5.28 Å². The van der Waals surface area contributed by atoms with Crippen molar-refractivity contribution in [2.24, 2.45) is 0 Å². The number of halogens is 1. The lowest BCUT2D eigenvalue weighted by molar-refractivity contribution is 0.744. The molecule has 0 amide bonds. The smallest absolute Gasteiger partial charge is 0.236 e. The third-order valence-corrected chi connectivity index (χ3v) is 4.49. The highest BCUT2D eigenvalue weighted by atomic mass is 35.5. The molecular formula is C16H18ClN5. The van der Waals surface area contributed by atoms with Gasteiger partial charge in [-0.1, -0.05) is 18.2 Å². The summed E-state index contributed by atoms with van der Waals surface area (Å²) in [5.41, 5.74) is 2.52. The molecule has 2 aliphatic rings. The Balaban J connectivity index is 1.74. The van der Waals surface area contributed by atoms with Gasteiger partial charge in [-0.3, -0.25) is 0 Å². The van der Waals surface area contributed by atoms with Gasteiger partial charge in [0.05, 0.1) is 0 Å². The topological polar surface area (TPSA) is 45.2 Å². The van der Waals surface area contributed by atoms with Gasteiger partial charge in [0.1, 0.15) is 0 Å². The van der Waals surface area contributed by atoms with Crippen LogP contribution in [-0.4, -0.2) is 34.6 Å². The number of hydrogen-bond donors (Lipinski definition) is 0. The SMILES string of the molecule is Clc1nc(N2CCCC2)nc(N2CCCc3ccccc32)n1. The second kappa shape index (κ2) is 5.72. The van der Waals surface area contributed by atoms with Gasteiger partial charge in [-0.05, 0) is 48.9 Å². The van der Waals surface area contributed by atoms with Crippen LogP contribution >= 0.6 is 11.6 Å². The summed E-state index contributed by atoms with van der Waals surface area (Å²) < 4.78 is 0. The van der Waals surface area contributed by atoms with Gasteiger partial charge in [0.2, 0.25) is 17.2 Å². The lowest BCUT2D eigenvalue weighted by atomic mass is 10.0. The minimum Gasteiger partial charge on any atom is -0.341 e. The van der Waals surface area contributed by atoms with Gasteiger partial charge < -0.3 is 9.80 Å². The summed E-state index contributed by atoms with van der Waals surface area (Å²) in [4.78, 5) is 17.7. The van der Waals surface area contributed by atoms with Crippen molar-refractivity contribution in [1.82, 2.24) is 15.0 Å². The van der Waals surface area contributed by atoms with Gasteiger partial charge in [-0.2, -0.15) is 15.0 Å². The third kappa shape index (κ3) is 2.50. The highest BCUT2D eigenvalue weighted by Gasteiger charge is 2.23. The molecule has 0 atom stereocenters. The third-order valence-electron chi connectivity index (χ3n) is 4.33. The molecule has 0 N–H and O–H groups in total. The van der Waals surface area contributed by atoms with Crippen LogP contribution in [0.2, 0.25) is 5.28 Å². The van der Waals surface area contributed by atoms with Crippen molar-refractivity contribution in [3.05, 3.63) is 35.1 Å². The fraction of sp³-hybridized carbons (Fsp3) is 0.438. The van der Waals surface area contributed by atoms with Crippen molar-refractivity contribution in [3.8, 4) is 0 Å². The Bertz CT molecular complexity index is 684. The van der Waals surface area contributed by atoms with E-state index in [1.165, 1.54) is 24.1 Å². The number of anilines is 3. The van der Waals surface area contributed by atoms with Crippen LogP contribution in [0.5, 0.6) is 0 Å². The predicted octanol–water partition coefficient (Wildman–Crippen LogP) is 3.21. The molecule has 5 nitrogen and oxygen atoms in total. The Morgan fingerprint density at radius 3 is 2.50 bits per heavy atom. The zero-order valence-electron chi connectivity index (χ0n) is 12.4. The second-order valence-electron chi connectivity index (χ2n) is 5.78. The summed E-state index contributed by atoms with van der Waals surface area (Å²) >= 11 is 6.16. The van der Waals surface area contributed by atoms with Gasteiger partial charge in [0, 0.05) is 25.3 Å². The number of aryl methyl sites for hydroxylation is 1. The number of benzene rings is 1. The molecule has 22 heavy (non-hydrogen) atoms. The van der Waals surface area contributed by atoms with Crippen molar-refractivity contribution in [2.45, 2.75) is 25.7 Å². The Labute approximate surface area is 135 Å². The fourth-order valence-corrected chi connectivity index (χ4v) is 3.40. The normalized spacial score (nSPS) is 17.7. The van der Waals surface area contributed by atoms with Crippen LogP contribution in [0.15, 0.2) is 24.3 Å². The van der Waals surface area contributed by atoms with Gasteiger partial charge in [-0.25, -0.2) is 0 Å². The molecule has 1 aromatic heterocycles. The van der Waals surface area contributed by atoms with E-state index < -0.39 is 0 Å². The standard InChI is InChI=1S/C16H18ClN5/c17-14-18-15(21-9-3-4-10-21)20-16(19-14)22-11-5-7-12-6-1-2-8-13(12)22/h1-2,6,8H,3-5,7,9-11H2. The summed E-state index contributed by atoms with van der Waals surface area (Å²) in [5, 5.41) is 0.273. The van der Waals surface area contributed by atoms with E-state index in [0.717, 1.165) is 32.5 Å². The Morgan fingerprint density at radius 1 is 0.864 bits per heavy atom. The molecule has 0 bridgehead atoms. The molecule has 1 fully saturated rings. The largest absolute Gasteiger partial charge is 0.341 e. The lowest BCUT2D eigenvalue weighted by Gasteiger charge is -2.30. The number of nitrogens with zero attached hydrogens (tertiary/aromatic N) is 5. The molecule has 1 aromatic carbocycles. The number of aromatic nitrogens is 3. The highest BCUT2D eigenvalue weighted by molar-refractivity contribution is 6.28. The molecule has 3 heterocycles. The number of hydrogen-bond acceptors (Lipinski definition) is 5. The van der Waals surface area contributed by atoms with Crippen LogP contribution in [0.1, 0.15) is 24.8 Å². The second-order valence-corrected chi connectivity index (χ2v) is 6.12. The van der Waals surface area contributed by atoms with Gasteiger partial charge in [-0.15, -0.1) is 0 Å². The van der Waals surface area contributed by atoms with Crippen molar-refractivity contribution in [3.63, 3.8) is 0 Å².